The molecular weight excluding hydrogens is 354 g/mol. The molecule has 0 N–H and O–H groups in total. The van der Waals surface area contributed by atoms with E-state index in [-0.39, 0.29) is 5.91 Å². The zero-order chi connectivity index (χ0) is 17.3. The van der Waals surface area contributed by atoms with Crippen molar-refractivity contribution < 1.29 is 4.79 Å². The zero-order valence-electron chi connectivity index (χ0n) is 14.9. The number of aryl methyl sites for hydroxylation is 2. The van der Waals surface area contributed by atoms with Crippen LogP contribution in [0.4, 0.5) is 0 Å². The van der Waals surface area contributed by atoms with Gasteiger partial charge in [-0.25, -0.2) is 4.98 Å². The predicted molar refractivity (Wildman–Crippen MR) is 97.9 cm³/mol. The predicted octanol–water partition coefficient (Wildman–Crippen LogP) is 4.47. The summed E-state index contributed by atoms with van der Waals surface area (Å²) in [6.45, 7) is 14.0. The van der Waals surface area contributed by atoms with E-state index in [4.69, 9.17) is 0 Å². The molecule has 0 saturated heterocycles. The second-order valence-electron chi connectivity index (χ2n) is 7.08. The van der Waals surface area contributed by atoms with E-state index in [0.29, 0.717) is 17.5 Å². The summed E-state index contributed by atoms with van der Waals surface area (Å²) in [5.74, 6) is 0.936. The number of carbonyl (C=O) groups is 1. The fourth-order valence-electron chi connectivity index (χ4n) is 2.91. The maximum atomic E-state index is 13.2. The molecule has 0 radical (unpaired) electrons. The minimum atomic E-state index is 0.0647. The third-order valence-corrected chi connectivity index (χ3v) is 4.14. The molecule has 1 amide bonds. The Labute approximate surface area is 147 Å². The average molecular weight is 380 g/mol. The highest BCUT2D eigenvalue weighted by Crippen LogP contribution is 2.22. The lowest BCUT2D eigenvalue weighted by Crippen LogP contribution is -2.38. The first-order chi connectivity index (χ1) is 10.7. The number of hydrogen-bond acceptors (Lipinski definition) is 2. The van der Waals surface area contributed by atoms with Gasteiger partial charge in [-0.05, 0) is 53.2 Å². The lowest BCUT2D eigenvalue weighted by Gasteiger charge is -2.26. The molecule has 2 aromatic rings. The molecule has 2 rings (SSSR count). The molecule has 4 nitrogen and oxygen atoms in total. The maximum Gasteiger partial charge on any atom is 0.272 e. The number of pyridine rings is 1. The topological polar surface area (TPSA) is 37.6 Å². The number of aromatic nitrogens is 2. The lowest BCUT2D eigenvalue weighted by molar-refractivity contribution is 0.0707. The Kier molecular flexibility index (Phi) is 5.50. The van der Waals surface area contributed by atoms with E-state index in [1.807, 2.05) is 35.4 Å². The molecule has 126 valence electrons. The fourth-order valence-corrected chi connectivity index (χ4v) is 3.46. The van der Waals surface area contributed by atoms with Crippen molar-refractivity contribution in [3.8, 4) is 0 Å². The summed E-state index contributed by atoms with van der Waals surface area (Å²) in [5.41, 5.74) is 3.36. The molecule has 2 aromatic heterocycles. The molecule has 0 atom stereocenters. The average Bonchev–Trinajstić information content (AvgIpc) is 2.72. The van der Waals surface area contributed by atoms with Gasteiger partial charge in [0.2, 0.25) is 0 Å². The summed E-state index contributed by atoms with van der Waals surface area (Å²) < 4.78 is 2.87. The largest absolute Gasteiger partial charge is 0.337 e. The highest BCUT2D eigenvalue weighted by Gasteiger charge is 2.24. The van der Waals surface area contributed by atoms with Crippen LogP contribution in [0, 0.1) is 25.7 Å². The number of carbonyl (C=O) groups excluding carboxylic acids is 1. The second-order valence-corrected chi connectivity index (χ2v) is 7.99. The standard InChI is InChI=1S/C18H26BrN3O/c1-11(2)8-21(9-12(3)4)18(23)16-14(6)20-17-13(5)7-15(19)10-22(16)17/h7,10-12H,8-9H2,1-6H3. The number of hydrogen-bond donors (Lipinski definition) is 0. The van der Waals surface area contributed by atoms with Gasteiger partial charge in [-0.15, -0.1) is 0 Å². The summed E-state index contributed by atoms with van der Waals surface area (Å²) in [6, 6.07) is 2.02. The van der Waals surface area contributed by atoms with Crippen LogP contribution in [0.5, 0.6) is 0 Å². The first-order valence-electron chi connectivity index (χ1n) is 8.14. The highest BCUT2D eigenvalue weighted by atomic mass is 79.9. The normalized spacial score (nSPS) is 11.7. The summed E-state index contributed by atoms with van der Waals surface area (Å²) in [5, 5.41) is 0. The van der Waals surface area contributed by atoms with E-state index in [1.165, 1.54) is 0 Å². The van der Waals surface area contributed by atoms with Crippen molar-refractivity contribution in [2.75, 3.05) is 13.1 Å². The fraction of sp³-hybridized carbons (Fsp3) is 0.556. The van der Waals surface area contributed by atoms with Crippen molar-refractivity contribution >= 4 is 27.5 Å². The van der Waals surface area contributed by atoms with Gasteiger partial charge < -0.3 is 4.90 Å². The molecule has 0 spiro atoms. The van der Waals surface area contributed by atoms with Crippen LogP contribution in [-0.4, -0.2) is 33.3 Å². The minimum absolute atomic E-state index is 0.0647. The molecule has 0 aliphatic rings. The van der Waals surface area contributed by atoms with Gasteiger partial charge in [0.15, 0.2) is 0 Å². The van der Waals surface area contributed by atoms with Crippen LogP contribution in [0.1, 0.15) is 49.4 Å². The van der Waals surface area contributed by atoms with Crippen molar-refractivity contribution in [3.63, 3.8) is 0 Å². The van der Waals surface area contributed by atoms with Crippen LogP contribution in [-0.2, 0) is 0 Å². The molecule has 5 heteroatoms. The van der Waals surface area contributed by atoms with Crippen LogP contribution >= 0.6 is 15.9 Å². The number of fused-ring (bicyclic) bond motifs is 1. The van der Waals surface area contributed by atoms with E-state index < -0.39 is 0 Å². The van der Waals surface area contributed by atoms with Gasteiger partial charge in [-0.1, -0.05) is 27.7 Å². The molecule has 0 aromatic carbocycles. The summed E-state index contributed by atoms with van der Waals surface area (Å²) in [7, 11) is 0. The van der Waals surface area contributed by atoms with Crippen molar-refractivity contribution in [2.24, 2.45) is 11.8 Å². The number of halogens is 1. The Morgan fingerprint density at radius 3 is 2.30 bits per heavy atom. The van der Waals surface area contributed by atoms with E-state index in [1.54, 1.807) is 0 Å². The first kappa shape index (κ1) is 18.0. The molecule has 0 unspecified atom stereocenters. The molecule has 0 fully saturated rings. The Balaban J connectivity index is 2.52. The van der Waals surface area contributed by atoms with Gasteiger partial charge in [0.05, 0.1) is 5.69 Å². The number of imidazole rings is 1. The van der Waals surface area contributed by atoms with Gasteiger partial charge in [0.25, 0.3) is 5.91 Å². The van der Waals surface area contributed by atoms with Gasteiger partial charge in [0.1, 0.15) is 11.3 Å². The van der Waals surface area contributed by atoms with Crippen LogP contribution < -0.4 is 0 Å². The lowest BCUT2D eigenvalue weighted by atomic mass is 10.1. The van der Waals surface area contributed by atoms with E-state index in [9.17, 15) is 4.79 Å². The zero-order valence-corrected chi connectivity index (χ0v) is 16.4. The van der Waals surface area contributed by atoms with E-state index in [2.05, 4.69) is 48.6 Å². The van der Waals surface area contributed by atoms with Crippen molar-refractivity contribution in [3.05, 3.63) is 33.7 Å². The van der Waals surface area contributed by atoms with Crippen LogP contribution in [0.15, 0.2) is 16.7 Å². The molecule has 0 aliphatic carbocycles. The summed E-state index contributed by atoms with van der Waals surface area (Å²) >= 11 is 3.52. The Morgan fingerprint density at radius 1 is 1.22 bits per heavy atom. The second kappa shape index (κ2) is 7.04. The van der Waals surface area contributed by atoms with Crippen LogP contribution in [0.2, 0.25) is 0 Å². The Bertz CT molecular complexity index is 709. The number of amides is 1. The van der Waals surface area contributed by atoms with Gasteiger partial charge >= 0.3 is 0 Å². The van der Waals surface area contributed by atoms with Crippen molar-refractivity contribution in [2.45, 2.75) is 41.5 Å². The monoisotopic (exact) mass is 379 g/mol. The maximum absolute atomic E-state index is 13.2. The third-order valence-electron chi connectivity index (χ3n) is 3.71. The molecule has 2 heterocycles. The molecular formula is C18H26BrN3O. The first-order valence-corrected chi connectivity index (χ1v) is 8.94. The summed E-state index contributed by atoms with van der Waals surface area (Å²) in [6.07, 6.45) is 1.93. The van der Waals surface area contributed by atoms with Crippen LogP contribution in [0.25, 0.3) is 5.65 Å². The van der Waals surface area contributed by atoms with Gasteiger partial charge in [-0.3, -0.25) is 9.20 Å². The van der Waals surface area contributed by atoms with Crippen LogP contribution in [0.3, 0.4) is 0 Å². The van der Waals surface area contributed by atoms with Gasteiger partial charge in [-0.2, -0.15) is 0 Å². The third kappa shape index (κ3) is 3.94. The number of nitrogens with zero attached hydrogens (tertiary/aromatic N) is 3. The summed E-state index contributed by atoms with van der Waals surface area (Å²) in [4.78, 5) is 19.8. The SMILES string of the molecule is Cc1nc2c(C)cc(Br)cn2c1C(=O)N(CC(C)C)CC(C)C. The Hall–Kier alpha value is -1.36. The molecule has 0 aliphatic heterocycles. The van der Waals surface area contributed by atoms with Crippen molar-refractivity contribution in [1.82, 2.24) is 14.3 Å². The molecule has 0 saturated carbocycles. The highest BCUT2D eigenvalue weighted by molar-refractivity contribution is 9.10. The van der Waals surface area contributed by atoms with Gasteiger partial charge in [0, 0.05) is 23.8 Å². The smallest absolute Gasteiger partial charge is 0.272 e. The van der Waals surface area contributed by atoms with E-state index in [0.717, 1.165) is 34.5 Å². The number of rotatable bonds is 5. The Morgan fingerprint density at radius 2 is 1.78 bits per heavy atom. The molecule has 0 bridgehead atoms. The molecule has 23 heavy (non-hydrogen) atoms. The minimum Gasteiger partial charge on any atom is -0.337 e. The van der Waals surface area contributed by atoms with Crippen molar-refractivity contribution in [1.29, 1.82) is 0 Å². The van der Waals surface area contributed by atoms with E-state index >= 15 is 0 Å². The quantitative estimate of drug-likeness (QED) is 0.768.